The number of nitrogens with one attached hydrogen (secondary N) is 1. The molecule has 18 heavy (non-hydrogen) atoms. The minimum Gasteiger partial charge on any atom is -0.505 e. The van der Waals surface area contributed by atoms with Crippen LogP contribution in [0.1, 0.15) is 25.3 Å². The number of rotatable bonds is 7. The molecule has 0 heterocycles. The van der Waals surface area contributed by atoms with Crippen molar-refractivity contribution in [3.05, 3.63) is 29.6 Å². The van der Waals surface area contributed by atoms with Crippen LogP contribution in [0.3, 0.4) is 0 Å². The Morgan fingerprint density at radius 1 is 1.44 bits per heavy atom. The van der Waals surface area contributed by atoms with Gasteiger partial charge in [-0.15, -0.1) is 0 Å². The summed E-state index contributed by atoms with van der Waals surface area (Å²) in [4.78, 5) is 2.46. The van der Waals surface area contributed by atoms with Crippen LogP contribution in [0.4, 0.5) is 4.39 Å². The third-order valence-electron chi connectivity index (χ3n) is 3.43. The van der Waals surface area contributed by atoms with Crippen LogP contribution in [0.25, 0.3) is 0 Å². The maximum Gasteiger partial charge on any atom is 0.165 e. The van der Waals surface area contributed by atoms with Gasteiger partial charge in [0.05, 0.1) is 0 Å². The van der Waals surface area contributed by atoms with E-state index in [0.717, 1.165) is 25.7 Å². The Morgan fingerprint density at radius 2 is 2.22 bits per heavy atom. The summed E-state index contributed by atoms with van der Waals surface area (Å²) in [6, 6.07) is 5.41. The average Bonchev–Trinajstić information content (AvgIpc) is 3.19. The van der Waals surface area contributed by atoms with Gasteiger partial charge in [0.25, 0.3) is 0 Å². The molecule has 0 unspecified atom stereocenters. The molecular weight excluding hydrogens is 231 g/mol. The number of phenols is 1. The summed E-state index contributed by atoms with van der Waals surface area (Å²) in [5.41, 5.74) is 0.615. The highest BCUT2D eigenvalue weighted by atomic mass is 19.1. The second-order valence-electron chi connectivity index (χ2n) is 4.78. The van der Waals surface area contributed by atoms with Gasteiger partial charge in [0.1, 0.15) is 0 Å². The van der Waals surface area contributed by atoms with Crippen LogP contribution in [0, 0.1) is 5.82 Å². The van der Waals surface area contributed by atoms with Crippen molar-refractivity contribution in [1.29, 1.82) is 0 Å². The van der Waals surface area contributed by atoms with E-state index in [0.29, 0.717) is 12.1 Å². The van der Waals surface area contributed by atoms with Crippen molar-refractivity contribution in [2.24, 2.45) is 0 Å². The molecule has 1 aliphatic carbocycles. The molecule has 0 bridgehead atoms. The molecular formula is C14H21FN2O. The molecule has 0 aromatic heterocycles. The summed E-state index contributed by atoms with van der Waals surface area (Å²) >= 11 is 0. The smallest absolute Gasteiger partial charge is 0.165 e. The fourth-order valence-electron chi connectivity index (χ4n) is 2.19. The van der Waals surface area contributed by atoms with Gasteiger partial charge in [-0.1, -0.05) is 19.1 Å². The van der Waals surface area contributed by atoms with Crippen LogP contribution in [-0.4, -0.2) is 35.7 Å². The normalized spacial score (nSPS) is 15.3. The van der Waals surface area contributed by atoms with Crippen molar-refractivity contribution in [2.45, 2.75) is 32.4 Å². The Hall–Kier alpha value is -1.13. The number of hydrogen-bond acceptors (Lipinski definition) is 3. The van der Waals surface area contributed by atoms with Gasteiger partial charge in [-0.25, -0.2) is 4.39 Å². The SMILES string of the molecule is CCN(CCNCc1cccc(F)c1O)C1CC1. The van der Waals surface area contributed by atoms with E-state index in [2.05, 4.69) is 17.1 Å². The quantitative estimate of drug-likeness (QED) is 0.730. The number of likely N-dealkylation sites (N-methyl/N-ethyl adjacent to an activating group) is 1. The highest BCUT2D eigenvalue weighted by molar-refractivity contribution is 5.33. The van der Waals surface area contributed by atoms with Crippen molar-refractivity contribution < 1.29 is 9.50 Å². The molecule has 1 aromatic rings. The van der Waals surface area contributed by atoms with Crippen LogP contribution in [0.2, 0.25) is 0 Å². The van der Waals surface area contributed by atoms with Crippen molar-refractivity contribution >= 4 is 0 Å². The second kappa shape index (κ2) is 6.16. The van der Waals surface area contributed by atoms with Crippen LogP contribution >= 0.6 is 0 Å². The van der Waals surface area contributed by atoms with Gasteiger partial charge >= 0.3 is 0 Å². The van der Waals surface area contributed by atoms with Gasteiger partial charge in [-0.05, 0) is 25.5 Å². The Balaban J connectivity index is 1.73. The average molecular weight is 252 g/mol. The van der Waals surface area contributed by atoms with E-state index >= 15 is 0 Å². The lowest BCUT2D eigenvalue weighted by atomic mass is 10.2. The van der Waals surface area contributed by atoms with E-state index in [4.69, 9.17) is 0 Å². The van der Waals surface area contributed by atoms with Crippen LogP contribution in [0.5, 0.6) is 5.75 Å². The van der Waals surface area contributed by atoms with E-state index in [1.54, 1.807) is 12.1 Å². The number of nitrogens with zero attached hydrogens (tertiary/aromatic N) is 1. The van der Waals surface area contributed by atoms with E-state index in [-0.39, 0.29) is 5.75 Å². The Morgan fingerprint density at radius 3 is 2.89 bits per heavy atom. The topological polar surface area (TPSA) is 35.5 Å². The molecule has 2 N–H and O–H groups in total. The highest BCUT2D eigenvalue weighted by Gasteiger charge is 2.26. The molecule has 2 rings (SSSR count). The molecule has 0 aliphatic heterocycles. The van der Waals surface area contributed by atoms with Gasteiger partial charge in [0, 0.05) is 31.2 Å². The molecule has 0 amide bonds. The molecule has 0 atom stereocenters. The minimum absolute atomic E-state index is 0.237. The minimum atomic E-state index is -0.553. The molecule has 4 heteroatoms. The predicted molar refractivity (Wildman–Crippen MR) is 70.0 cm³/mol. The number of phenolic OH excluding ortho intramolecular Hbond substituents is 1. The number of aromatic hydroxyl groups is 1. The number of hydrogen-bond donors (Lipinski definition) is 2. The van der Waals surface area contributed by atoms with Gasteiger partial charge in [0.15, 0.2) is 11.6 Å². The lowest BCUT2D eigenvalue weighted by Crippen LogP contribution is -2.33. The van der Waals surface area contributed by atoms with Crippen molar-refractivity contribution in [3.8, 4) is 5.75 Å². The lowest BCUT2D eigenvalue weighted by Gasteiger charge is -2.19. The molecule has 0 saturated heterocycles. The molecule has 100 valence electrons. The summed E-state index contributed by atoms with van der Waals surface area (Å²) in [7, 11) is 0. The van der Waals surface area contributed by atoms with Gasteiger partial charge in [0.2, 0.25) is 0 Å². The zero-order valence-corrected chi connectivity index (χ0v) is 10.8. The first kappa shape index (κ1) is 13.3. The zero-order valence-electron chi connectivity index (χ0n) is 10.8. The van der Waals surface area contributed by atoms with Crippen molar-refractivity contribution in [3.63, 3.8) is 0 Å². The predicted octanol–water partition coefficient (Wildman–Crippen LogP) is 2.11. The maximum atomic E-state index is 13.1. The molecule has 1 fully saturated rings. The van der Waals surface area contributed by atoms with Gasteiger partial charge < -0.3 is 10.4 Å². The monoisotopic (exact) mass is 252 g/mol. The largest absolute Gasteiger partial charge is 0.505 e. The summed E-state index contributed by atoms with van der Waals surface area (Å²) in [6.07, 6.45) is 2.64. The summed E-state index contributed by atoms with van der Waals surface area (Å²) in [5, 5.41) is 12.8. The number of para-hydroxylation sites is 1. The van der Waals surface area contributed by atoms with Crippen molar-refractivity contribution in [1.82, 2.24) is 10.2 Å². The third kappa shape index (κ3) is 3.43. The van der Waals surface area contributed by atoms with Crippen molar-refractivity contribution in [2.75, 3.05) is 19.6 Å². The van der Waals surface area contributed by atoms with E-state index in [9.17, 15) is 9.50 Å². The second-order valence-corrected chi connectivity index (χ2v) is 4.78. The molecule has 1 aromatic carbocycles. The standard InChI is InChI=1S/C14H21FN2O/c1-2-17(12-6-7-12)9-8-16-10-11-4-3-5-13(15)14(11)18/h3-5,12,16,18H,2,6-10H2,1H3. The number of halogens is 1. The number of benzene rings is 1. The maximum absolute atomic E-state index is 13.1. The van der Waals surface area contributed by atoms with E-state index < -0.39 is 5.82 Å². The van der Waals surface area contributed by atoms with E-state index in [1.165, 1.54) is 18.9 Å². The van der Waals surface area contributed by atoms with Crippen LogP contribution < -0.4 is 5.32 Å². The molecule has 3 nitrogen and oxygen atoms in total. The molecule has 0 radical (unpaired) electrons. The third-order valence-corrected chi connectivity index (χ3v) is 3.43. The van der Waals surface area contributed by atoms with Gasteiger partial charge in [-0.2, -0.15) is 0 Å². The van der Waals surface area contributed by atoms with Gasteiger partial charge in [-0.3, -0.25) is 4.90 Å². The Labute approximate surface area is 108 Å². The first-order valence-electron chi connectivity index (χ1n) is 6.63. The fraction of sp³-hybridized carbons (Fsp3) is 0.571. The zero-order chi connectivity index (χ0) is 13.0. The van der Waals surface area contributed by atoms with Crippen LogP contribution in [0.15, 0.2) is 18.2 Å². The summed E-state index contributed by atoms with van der Waals surface area (Å²) < 4.78 is 13.1. The molecule has 1 aliphatic rings. The van der Waals surface area contributed by atoms with Crippen LogP contribution in [-0.2, 0) is 6.54 Å². The molecule has 0 spiro atoms. The van der Waals surface area contributed by atoms with E-state index in [1.807, 2.05) is 0 Å². The Bertz CT molecular complexity index is 393. The summed E-state index contributed by atoms with van der Waals surface area (Å²) in [6.45, 7) is 5.64. The first-order chi connectivity index (χ1) is 8.72. The lowest BCUT2D eigenvalue weighted by molar-refractivity contribution is 0.276. The highest BCUT2D eigenvalue weighted by Crippen LogP contribution is 2.26. The molecule has 1 saturated carbocycles. The fourth-order valence-corrected chi connectivity index (χ4v) is 2.19. The Kier molecular flexibility index (Phi) is 4.55. The first-order valence-corrected chi connectivity index (χ1v) is 6.63. The summed E-state index contributed by atoms with van der Waals surface area (Å²) in [5.74, 6) is -0.790.